The maximum Gasteiger partial charge on any atom is 0.407 e. The molecule has 2 aromatic carbocycles. The Morgan fingerprint density at radius 2 is 1.28 bits per heavy atom. The van der Waals surface area contributed by atoms with Crippen molar-refractivity contribution in [1.82, 2.24) is 40.4 Å². The molecule has 4 aliphatic rings. The van der Waals surface area contributed by atoms with E-state index in [0.29, 0.717) is 12.4 Å². The lowest BCUT2D eigenvalue weighted by atomic mass is 9.83. The molecule has 2 saturated heterocycles. The summed E-state index contributed by atoms with van der Waals surface area (Å²) < 4.78 is 20.5. The van der Waals surface area contributed by atoms with Crippen LogP contribution in [0.5, 0.6) is 0 Å². The third-order valence-electron chi connectivity index (χ3n) is 13.1. The number of aryl methyl sites for hydroxylation is 2. The number of benzene rings is 2. The van der Waals surface area contributed by atoms with Gasteiger partial charge in [0.15, 0.2) is 0 Å². The SMILES string of the molecule is COC(=O)N[C@H](C(=O)N1CCC[C@H]1c1ncc(-c2ccc3c(c2)CCc2cc(-c4cnc([C@@H]5[C@H]6CC[C@H](C6)N5C(=O)[C@@H](NC(=O)OC)[C@@H](C)OC)[nH]4)ccc2-3)[nH]1)[C@@H](C)OC. The largest absolute Gasteiger partial charge is 0.453 e. The topological polar surface area (TPSA) is 193 Å². The molecule has 1 saturated carbocycles. The number of alkyl carbamates (subject to hydrolysis) is 2. The average molecular weight is 823 g/mol. The van der Waals surface area contributed by atoms with Gasteiger partial charge in [-0.15, -0.1) is 0 Å². The first-order valence-corrected chi connectivity index (χ1v) is 20.8. The molecule has 0 radical (unpaired) electrons. The van der Waals surface area contributed by atoms with Gasteiger partial charge in [-0.3, -0.25) is 9.59 Å². The van der Waals surface area contributed by atoms with Crippen LogP contribution in [0.4, 0.5) is 9.59 Å². The zero-order valence-corrected chi connectivity index (χ0v) is 34.9. The quantitative estimate of drug-likeness (QED) is 0.143. The highest BCUT2D eigenvalue weighted by molar-refractivity contribution is 5.88. The number of carbonyl (C=O) groups is 4. The molecule has 0 unspecified atom stereocenters. The fourth-order valence-electron chi connectivity index (χ4n) is 9.73. The summed E-state index contributed by atoms with van der Waals surface area (Å²) in [5.74, 6) is 1.29. The van der Waals surface area contributed by atoms with Crippen LogP contribution in [-0.4, -0.2) is 119 Å². The molecular formula is C44H54N8O8. The van der Waals surface area contributed by atoms with Gasteiger partial charge in [0.25, 0.3) is 0 Å². The van der Waals surface area contributed by atoms with Crippen molar-refractivity contribution in [2.24, 2.45) is 5.92 Å². The highest BCUT2D eigenvalue weighted by Crippen LogP contribution is 2.50. The predicted octanol–water partition coefficient (Wildman–Crippen LogP) is 5.47. The number of aromatic nitrogens is 4. The Balaban J connectivity index is 0.983. The van der Waals surface area contributed by atoms with Gasteiger partial charge in [0.1, 0.15) is 23.7 Å². The summed E-state index contributed by atoms with van der Waals surface area (Å²) in [6.07, 6.45) is 7.33. The molecule has 8 rings (SSSR count). The Bertz CT molecular complexity index is 2260. The first kappa shape index (κ1) is 41.0. The molecule has 4 N–H and O–H groups in total. The van der Waals surface area contributed by atoms with Gasteiger partial charge in [0, 0.05) is 26.8 Å². The van der Waals surface area contributed by atoms with E-state index in [4.69, 9.17) is 28.9 Å². The van der Waals surface area contributed by atoms with E-state index in [9.17, 15) is 19.2 Å². The summed E-state index contributed by atoms with van der Waals surface area (Å²) in [5, 5.41) is 5.33. The second-order valence-electron chi connectivity index (χ2n) is 16.3. The number of H-pyrrole nitrogens is 2. The number of likely N-dealkylation sites (tertiary alicyclic amines) is 2. The van der Waals surface area contributed by atoms with E-state index in [-0.39, 0.29) is 35.9 Å². The number of methoxy groups -OCH3 is 4. The van der Waals surface area contributed by atoms with Crippen molar-refractivity contribution in [2.75, 3.05) is 35.0 Å². The van der Waals surface area contributed by atoms with E-state index in [1.54, 1.807) is 18.7 Å². The summed E-state index contributed by atoms with van der Waals surface area (Å²) in [7, 11) is 5.57. The molecule has 60 heavy (non-hydrogen) atoms. The Kier molecular flexibility index (Phi) is 11.7. The average Bonchev–Trinajstić information content (AvgIpc) is 4.14. The maximum atomic E-state index is 14.1. The second kappa shape index (κ2) is 17.1. The second-order valence-corrected chi connectivity index (χ2v) is 16.3. The Morgan fingerprint density at radius 1 is 0.733 bits per heavy atom. The minimum Gasteiger partial charge on any atom is -0.453 e. The summed E-state index contributed by atoms with van der Waals surface area (Å²) in [4.78, 5) is 72.4. The molecule has 16 heteroatoms. The van der Waals surface area contributed by atoms with E-state index in [2.05, 4.69) is 57.0 Å². The molecular weight excluding hydrogens is 769 g/mol. The third-order valence-corrected chi connectivity index (χ3v) is 13.1. The number of nitrogens with zero attached hydrogens (tertiary/aromatic N) is 4. The van der Waals surface area contributed by atoms with E-state index in [0.717, 1.165) is 73.3 Å². The number of nitrogens with one attached hydrogen (secondary N) is 4. The van der Waals surface area contributed by atoms with Gasteiger partial charge >= 0.3 is 12.2 Å². The normalized spacial score (nSPS) is 22.4. The van der Waals surface area contributed by atoms with Gasteiger partial charge in [-0.05, 0) is 110 Å². The van der Waals surface area contributed by atoms with E-state index in [1.807, 2.05) is 17.3 Å². The van der Waals surface area contributed by atoms with Crippen LogP contribution >= 0.6 is 0 Å². The van der Waals surface area contributed by atoms with Crippen LogP contribution in [0.25, 0.3) is 33.6 Å². The fourth-order valence-corrected chi connectivity index (χ4v) is 9.73. The number of ether oxygens (including phenoxy) is 4. The summed E-state index contributed by atoms with van der Waals surface area (Å²) in [5.41, 5.74) is 8.69. The number of rotatable bonds is 12. The van der Waals surface area contributed by atoms with Crippen LogP contribution in [0.3, 0.4) is 0 Å². The van der Waals surface area contributed by atoms with E-state index in [1.165, 1.54) is 50.7 Å². The van der Waals surface area contributed by atoms with E-state index >= 15 is 0 Å². The van der Waals surface area contributed by atoms with E-state index < -0.39 is 36.5 Å². The number of hydrogen-bond acceptors (Lipinski definition) is 10. The highest BCUT2D eigenvalue weighted by Gasteiger charge is 2.52. The zero-order valence-electron chi connectivity index (χ0n) is 34.9. The van der Waals surface area contributed by atoms with Crippen molar-refractivity contribution in [3.63, 3.8) is 0 Å². The molecule has 318 valence electrons. The number of hydrogen-bond donors (Lipinski definition) is 4. The highest BCUT2D eigenvalue weighted by atomic mass is 16.5. The van der Waals surface area contributed by atoms with Gasteiger partial charge in [-0.2, -0.15) is 0 Å². The molecule has 8 atom stereocenters. The van der Waals surface area contributed by atoms with Gasteiger partial charge in [-0.1, -0.05) is 24.3 Å². The molecule has 4 heterocycles. The number of fused-ring (bicyclic) bond motifs is 5. The minimum atomic E-state index is -0.896. The minimum absolute atomic E-state index is 0.0709. The molecule has 2 aromatic heterocycles. The lowest BCUT2D eigenvalue weighted by Gasteiger charge is -2.37. The summed E-state index contributed by atoms with van der Waals surface area (Å²) >= 11 is 0. The number of piperidine rings is 1. The van der Waals surface area contributed by atoms with Crippen molar-refractivity contribution in [3.8, 4) is 33.6 Å². The standard InChI is InChI=1S/C44H54N8O8/c1-23(57-3)36(49-43(55)59-5)41(53)51-17-7-8-35(51)39-45-21-33(47-39)27-12-15-31-25(18-27)9-10-26-19-28(13-16-32(26)31)34-22-46-40(48-34)38-29-11-14-30(20-29)52(38)42(54)37(24(2)58-4)50-44(56)60-6/h12-13,15-16,18-19,21-24,29-30,35-38H,7-11,14,17,20H2,1-6H3,(H,45,47)(H,46,48)(H,49,55)(H,50,56)/t23-,24-,29+,30-,35+,36+,37+,38+/m1/s1. The Hall–Kier alpha value is -5.74. The van der Waals surface area contributed by atoms with Crippen molar-refractivity contribution in [3.05, 3.63) is 71.6 Å². The molecule has 4 amide bonds. The first-order valence-electron chi connectivity index (χ1n) is 20.8. The Morgan fingerprint density at radius 3 is 1.85 bits per heavy atom. The van der Waals surface area contributed by atoms with Crippen LogP contribution < -0.4 is 10.6 Å². The van der Waals surface area contributed by atoms with Crippen molar-refractivity contribution < 1.29 is 38.1 Å². The van der Waals surface area contributed by atoms with Crippen molar-refractivity contribution >= 4 is 24.0 Å². The molecule has 16 nitrogen and oxygen atoms in total. The van der Waals surface area contributed by atoms with Gasteiger partial charge < -0.3 is 49.3 Å². The van der Waals surface area contributed by atoms with Crippen LogP contribution in [-0.2, 0) is 41.4 Å². The zero-order chi connectivity index (χ0) is 42.2. The molecule has 3 fully saturated rings. The predicted molar refractivity (Wildman–Crippen MR) is 220 cm³/mol. The molecule has 2 bridgehead atoms. The van der Waals surface area contributed by atoms with Gasteiger partial charge in [0.2, 0.25) is 11.8 Å². The van der Waals surface area contributed by atoms with Crippen LogP contribution in [0.1, 0.15) is 80.8 Å². The lowest BCUT2D eigenvalue weighted by Crippen LogP contribution is -2.56. The summed E-state index contributed by atoms with van der Waals surface area (Å²) in [6.45, 7) is 4.05. The lowest BCUT2D eigenvalue weighted by molar-refractivity contribution is -0.141. The number of imidazole rings is 2. The summed E-state index contributed by atoms with van der Waals surface area (Å²) in [6, 6.07) is 10.8. The number of aromatic amines is 2. The monoisotopic (exact) mass is 822 g/mol. The first-order chi connectivity index (χ1) is 29.0. The molecule has 2 aliphatic heterocycles. The van der Waals surface area contributed by atoms with Crippen LogP contribution in [0, 0.1) is 5.92 Å². The van der Waals surface area contributed by atoms with Crippen molar-refractivity contribution in [2.45, 2.75) is 101 Å². The fraction of sp³-hybridized carbons (Fsp3) is 0.500. The number of amides is 4. The maximum absolute atomic E-state index is 14.1. The van der Waals surface area contributed by atoms with Crippen LogP contribution in [0.15, 0.2) is 48.8 Å². The third kappa shape index (κ3) is 7.62. The van der Waals surface area contributed by atoms with Gasteiger partial charge in [-0.25, -0.2) is 19.6 Å². The number of carbonyl (C=O) groups excluding carboxylic acids is 4. The molecule has 2 aliphatic carbocycles. The van der Waals surface area contributed by atoms with Crippen molar-refractivity contribution in [1.29, 1.82) is 0 Å². The smallest absolute Gasteiger partial charge is 0.407 e. The Labute approximate surface area is 349 Å². The van der Waals surface area contributed by atoms with Gasteiger partial charge in [0.05, 0.1) is 62.3 Å². The molecule has 0 spiro atoms. The van der Waals surface area contributed by atoms with Crippen LogP contribution in [0.2, 0.25) is 0 Å². The molecule has 4 aromatic rings.